The molecule has 0 N–H and O–H groups in total. The van der Waals surface area contributed by atoms with Gasteiger partial charge in [-0.1, -0.05) is 18.2 Å². The minimum Gasteiger partial charge on any atom is -0.337 e. The first-order chi connectivity index (χ1) is 14.0. The van der Waals surface area contributed by atoms with Crippen molar-refractivity contribution < 1.29 is 14.4 Å². The van der Waals surface area contributed by atoms with Gasteiger partial charge in [-0.3, -0.25) is 14.4 Å². The highest BCUT2D eigenvalue weighted by Gasteiger charge is 2.41. The Morgan fingerprint density at radius 1 is 1.00 bits per heavy atom. The van der Waals surface area contributed by atoms with Gasteiger partial charge < -0.3 is 9.80 Å². The Morgan fingerprint density at radius 3 is 2.34 bits per heavy atom. The van der Waals surface area contributed by atoms with E-state index in [4.69, 9.17) is 0 Å². The van der Waals surface area contributed by atoms with Crippen LogP contribution >= 0.6 is 0 Å². The smallest absolute Gasteiger partial charge is 0.332 e. The molecule has 4 amide bonds. The van der Waals surface area contributed by atoms with Crippen LogP contribution in [0, 0.1) is 0 Å². The largest absolute Gasteiger partial charge is 0.337 e. The van der Waals surface area contributed by atoms with Crippen molar-refractivity contribution in [3.8, 4) is 0 Å². The molecule has 2 aliphatic heterocycles. The van der Waals surface area contributed by atoms with Gasteiger partial charge in [0.25, 0.3) is 17.4 Å². The number of carbonyl (C=O) groups excluding carboxylic acids is 3. The van der Waals surface area contributed by atoms with Gasteiger partial charge in [-0.25, -0.2) is 14.4 Å². The summed E-state index contributed by atoms with van der Waals surface area (Å²) in [5.74, 6) is -0.483. The number of amides is 4. The van der Waals surface area contributed by atoms with Crippen molar-refractivity contribution in [2.45, 2.75) is 18.9 Å². The summed E-state index contributed by atoms with van der Waals surface area (Å²) in [6, 6.07) is 11.2. The van der Waals surface area contributed by atoms with Crippen molar-refractivity contribution in [2.24, 2.45) is 7.05 Å². The lowest BCUT2D eigenvalue weighted by Crippen LogP contribution is -2.48. The summed E-state index contributed by atoms with van der Waals surface area (Å²) in [7, 11) is 1.50. The lowest BCUT2D eigenvalue weighted by atomic mass is 10.0. The zero-order valence-corrected chi connectivity index (χ0v) is 16.0. The predicted molar refractivity (Wildman–Crippen MR) is 104 cm³/mol. The molecule has 9 nitrogen and oxygen atoms in total. The molecular weight excluding hydrogens is 374 g/mol. The Balaban J connectivity index is 1.41. The van der Waals surface area contributed by atoms with Crippen molar-refractivity contribution in [3.63, 3.8) is 0 Å². The first-order valence-corrected chi connectivity index (χ1v) is 9.48. The molecule has 0 spiro atoms. The average Bonchev–Trinajstić information content (AvgIpc) is 3.04. The second-order valence-corrected chi connectivity index (χ2v) is 7.18. The summed E-state index contributed by atoms with van der Waals surface area (Å²) in [6.45, 7) is 0.962. The first-order valence-electron chi connectivity index (χ1n) is 9.48. The Hall–Kier alpha value is -3.49. The van der Waals surface area contributed by atoms with Gasteiger partial charge in [0.1, 0.15) is 12.2 Å². The van der Waals surface area contributed by atoms with Crippen LogP contribution in [0.3, 0.4) is 0 Å². The highest BCUT2D eigenvalue weighted by atomic mass is 16.2. The molecule has 150 valence electrons. The van der Waals surface area contributed by atoms with Crippen molar-refractivity contribution in [1.29, 1.82) is 0 Å². The molecule has 2 aromatic rings. The zero-order valence-electron chi connectivity index (χ0n) is 16.0. The lowest BCUT2D eigenvalue weighted by Gasteiger charge is -2.36. The molecule has 2 fully saturated rings. The third-order valence-corrected chi connectivity index (χ3v) is 5.38. The maximum Gasteiger partial charge on any atom is 0.332 e. The van der Waals surface area contributed by atoms with E-state index in [1.807, 2.05) is 6.07 Å². The molecule has 1 aromatic heterocycles. The fourth-order valence-corrected chi connectivity index (χ4v) is 3.79. The standard InChI is InChI=1S/C20H21N5O4/c1-22-17(26)8-7-16(21-22)19(28)23-11-9-14(10-12-23)24-13-18(27)25(20(24)29)15-5-3-2-4-6-15/h2-8,14H,9-13H2,1H3. The first kappa shape index (κ1) is 18.9. The van der Waals surface area contributed by atoms with Gasteiger partial charge in [0.05, 0.1) is 5.69 Å². The molecule has 9 heteroatoms. The summed E-state index contributed by atoms with van der Waals surface area (Å²) in [5, 5.41) is 4.01. The number of nitrogens with zero attached hydrogens (tertiary/aromatic N) is 5. The van der Waals surface area contributed by atoms with E-state index >= 15 is 0 Å². The van der Waals surface area contributed by atoms with Crippen LogP contribution in [0.15, 0.2) is 47.3 Å². The minimum atomic E-state index is -0.314. The van der Waals surface area contributed by atoms with Gasteiger partial charge in [-0.2, -0.15) is 5.10 Å². The third-order valence-electron chi connectivity index (χ3n) is 5.38. The second-order valence-electron chi connectivity index (χ2n) is 7.18. The molecule has 0 bridgehead atoms. The van der Waals surface area contributed by atoms with Crippen LogP contribution < -0.4 is 10.5 Å². The summed E-state index contributed by atoms with van der Waals surface area (Å²) >= 11 is 0. The van der Waals surface area contributed by atoms with Gasteiger partial charge in [0.15, 0.2) is 0 Å². The lowest BCUT2D eigenvalue weighted by molar-refractivity contribution is -0.116. The van der Waals surface area contributed by atoms with E-state index in [1.54, 1.807) is 34.1 Å². The molecule has 0 aliphatic carbocycles. The number of carbonyl (C=O) groups is 3. The number of aromatic nitrogens is 2. The van der Waals surface area contributed by atoms with Crippen LogP contribution in [-0.4, -0.2) is 63.1 Å². The van der Waals surface area contributed by atoms with E-state index in [0.29, 0.717) is 31.6 Å². The fourth-order valence-electron chi connectivity index (χ4n) is 3.79. The molecule has 29 heavy (non-hydrogen) atoms. The summed E-state index contributed by atoms with van der Waals surface area (Å²) < 4.78 is 1.13. The van der Waals surface area contributed by atoms with Crippen LogP contribution in [0.1, 0.15) is 23.3 Å². The number of imide groups is 1. The number of likely N-dealkylation sites (tertiary alicyclic amines) is 1. The molecule has 0 unspecified atom stereocenters. The zero-order chi connectivity index (χ0) is 20.5. The summed E-state index contributed by atoms with van der Waals surface area (Å²) in [5.41, 5.74) is 0.507. The summed E-state index contributed by atoms with van der Waals surface area (Å²) in [6.07, 6.45) is 1.16. The van der Waals surface area contributed by atoms with E-state index in [0.717, 1.165) is 4.68 Å². The SMILES string of the molecule is Cn1nc(C(=O)N2CCC(N3CC(=O)N(c4ccccc4)C3=O)CC2)ccc1=O. The Morgan fingerprint density at radius 2 is 1.69 bits per heavy atom. The predicted octanol–water partition coefficient (Wildman–Crippen LogP) is 0.854. The van der Waals surface area contributed by atoms with Gasteiger partial charge in [0.2, 0.25) is 0 Å². The summed E-state index contributed by atoms with van der Waals surface area (Å²) in [4.78, 5) is 53.8. The normalized spacial score (nSPS) is 17.9. The van der Waals surface area contributed by atoms with E-state index < -0.39 is 0 Å². The van der Waals surface area contributed by atoms with Crippen molar-refractivity contribution >= 4 is 23.5 Å². The highest BCUT2D eigenvalue weighted by molar-refractivity contribution is 6.19. The van der Waals surface area contributed by atoms with E-state index in [1.165, 1.54) is 24.1 Å². The quantitative estimate of drug-likeness (QED) is 0.718. The van der Waals surface area contributed by atoms with Gasteiger partial charge in [-0.15, -0.1) is 0 Å². The molecule has 2 saturated heterocycles. The third kappa shape index (κ3) is 3.51. The topological polar surface area (TPSA) is 95.8 Å². The Kier molecular flexibility index (Phi) is 4.87. The molecule has 0 atom stereocenters. The number of aryl methyl sites for hydroxylation is 1. The van der Waals surface area contributed by atoms with Crippen LogP contribution in [0.2, 0.25) is 0 Å². The molecular formula is C20H21N5O4. The van der Waals surface area contributed by atoms with Crippen molar-refractivity contribution in [3.05, 3.63) is 58.5 Å². The second kappa shape index (κ2) is 7.50. The van der Waals surface area contributed by atoms with Crippen LogP contribution in [0.4, 0.5) is 10.5 Å². The van der Waals surface area contributed by atoms with Crippen LogP contribution in [0.5, 0.6) is 0 Å². The maximum atomic E-state index is 12.8. The number of benzene rings is 1. The van der Waals surface area contributed by atoms with E-state index in [2.05, 4.69) is 5.10 Å². The molecule has 0 saturated carbocycles. The minimum absolute atomic E-state index is 0.0503. The molecule has 4 rings (SSSR count). The molecule has 3 heterocycles. The number of hydrogen-bond donors (Lipinski definition) is 0. The van der Waals surface area contributed by atoms with E-state index in [-0.39, 0.29) is 41.7 Å². The number of para-hydroxylation sites is 1. The number of rotatable bonds is 3. The van der Waals surface area contributed by atoms with Gasteiger partial charge >= 0.3 is 6.03 Å². The Labute approximate surface area is 167 Å². The number of hydrogen-bond acceptors (Lipinski definition) is 5. The number of urea groups is 1. The molecule has 0 radical (unpaired) electrons. The Bertz CT molecular complexity index is 1010. The highest BCUT2D eigenvalue weighted by Crippen LogP contribution is 2.26. The average molecular weight is 395 g/mol. The van der Waals surface area contributed by atoms with Crippen molar-refractivity contribution in [2.75, 3.05) is 24.5 Å². The fraction of sp³-hybridized carbons (Fsp3) is 0.350. The monoisotopic (exact) mass is 395 g/mol. The van der Waals surface area contributed by atoms with Gasteiger partial charge in [0, 0.05) is 32.2 Å². The number of anilines is 1. The number of piperidine rings is 1. The van der Waals surface area contributed by atoms with E-state index in [9.17, 15) is 19.2 Å². The molecule has 2 aliphatic rings. The molecule has 1 aromatic carbocycles. The van der Waals surface area contributed by atoms with Crippen LogP contribution in [0.25, 0.3) is 0 Å². The van der Waals surface area contributed by atoms with Gasteiger partial charge in [-0.05, 0) is 31.0 Å². The maximum absolute atomic E-state index is 12.8. The van der Waals surface area contributed by atoms with Crippen molar-refractivity contribution in [1.82, 2.24) is 19.6 Å². The van der Waals surface area contributed by atoms with Crippen LogP contribution in [-0.2, 0) is 11.8 Å².